The zero-order valence-electron chi connectivity index (χ0n) is 12.6. The fourth-order valence-corrected chi connectivity index (χ4v) is 2.91. The Morgan fingerprint density at radius 3 is 2.41 bits per heavy atom. The molecule has 5 heteroatoms. The van der Waals surface area contributed by atoms with E-state index >= 15 is 0 Å². The van der Waals surface area contributed by atoms with Gasteiger partial charge in [0, 0.05) is 5.92 Å². The van der Waals surface area contributed by atoms with Crippen LogP contribution in [0.15, 0.2) is 36.4 Å². The molecule has 0 aromatic heterocycles. The molecular formula is C17H19Cl2NO2. The summed E-state index contributed by atoms with van der Waals surface area (Å²) >= 11 is 12.4. The summed E-state index contributed by atoms with van der Waals surface area (Å²) in [4.78, 5) is 0. The number of hydrogen-bond donors (Lipinski definition) is 1. The standard InChI is InChI=1S/C17H19Cl2NO2/c1-21-15-7-6-11(9-16(15)22-2)8-12(10-20)13-4-3-5-14(18)17(13)19/h3-7,9,12H,8,10,20H2,1-2H3. The van der Waals surface area contributed by atoms with Gasteiger partial charge in [-0.05, 0) is 42.3 Å². The molecule has 0 fully saturated rings. The molecule has 0 spiro atoms. The predicted octanol–water partition coefficient (Wildman–Crippen LogP) is 4.30. The third-order valence-electron chi connectivity index (χ3n) is 3.64. The molecule has 0 amide bonds. The van der Waals surface area contributed by atoms with Gasteiger partial charge >= 0.3 is 0 Å². The van der Waals surface area contributed by atoms with Crippen LogP contribution in [0.1, 0.15) is 17.0 Å². The zero-order valence-corrected chi connectivity index (χ0v) is 14.1. The maximum Gasteiger partial charge on any atom is 0.160 e. The molecule has 2 aromatic rings. The second kappa shape index (κ2) is 7.73. The molecular weight excluding hydrogens is 321 g/mol. The highest BCUT2D eigenvalue weighted by Gasteiger charge is 2.16. The molecule has 2 N–H and O–H groups in total. The monoisotopic (exact) mass is 339 g/mol. The van der Waals surface area contributed by atoms with Crippen LogP contribution < -0.4 is 15.2 Å². The maximum absolute atomic E-state index is 6.31. The first-order valence-corrected chi connectivity index (χ1v) is 7.71. The van der Waals surface area contributed by atoms with E-state index in [1.54, 1.807) is 20.3 Å². The highest BCUT2D eigenvalue weighted by molar-refractivity contribution is 6.42. The topological polar surface area (TPSA) is 44.5 Å². The van der Waals surface area contributed by atoms with E-state index in [2.05, 4.69) is 0 Å². The highest BCUT2D eigenvalue weighted by atomic mass is 35.5. The van der Waals surface area contributed by atoms with E-state index in [1.807, 2.05) is 30.3 Å². The Morgan fingerprint density at radius 2 is 1.77 bits per heavy atom. The van der Waals surface area contributed by atoms with Crippen molar-refractivity contribution in [3.05, 3.63) is 57.6 Å². The zero-order chi connectivity index (χ0) is 16.1. The van der Waals surface area contributed by atoms with Crippen molar-refractivity contribution in [2.75, 3.05) is 20.8 Å². The molecule has 2 rings (SSSR count). The van der Waals surface area contributed by atoms with Gasteiger partial charge < -0.3 is 15.2 Å². The normalized spacial score (nSPS) is 12.0. The van der Waals surface area contributed by atoms with Crippen LogP contribution in [0, 0.1) is 0 Å². The third-order valence-corrected chi connectivity index (χ3v) is 4.47. The van der Waals surface area contributed by atoms with E-state index in [1.165, 1.54) is 0 Å². The Morgan fingerprint density at radius 1 is 1.05 bits per heavy atom. The molecule has 0 radical (unpaired) electrons. The summed E-state index contributed by atoms with van der Waals surface area (Å²) in [5.74, 6) is 1.49. The van der Waals surface area contributed by atoms with Crippen molar-refractivity contribution in [1.29, 1.82) is 0 Å². The number of nitrogens with two attached hydrogens (primary N) is 1. The molecule has 118 valence electrons. The quantitative estimate of drug-likeness (QED) is 0.853. The predicted molar refractivity (Wildman–Crippen MR) is 91.5 cm³/mol. The van der Waals surface area contributed by atoms with Crippen LogP contribution in [0.3, 0.4) is 0 Å². The van der Waals surface area contributed by atoms with Crippen molar-refractivity contribution in [2.45, 2.75) is 12.3 Å². The summed E-state index contributed by atoms with van der Waals surface area (Å²) in [5.41, 5.74) is 8.01. The molecule has 1 unspecified atom stereocenters. The summed E-state index contributed by atoms with van der Waals surface area (Å²) in [7, 11) is 3.24. The SMILES string of the molecule is COc1ccc(CC(CN)c2cccc(Cl)c2Cl)cc1OC. The van der Waals surface area contributed by atoms with Gasteiger partial charge in [-0.1, -0.05) is 41.4 Å². The summed E-state index contributed by atoms with van der Waals surface area (Å²) < 4.78 is 10.6. The molecule has 0 heterocycles. The van der Waals surface area contributed by atoms with E-state index in [0.717, 1.165) is 17.5 Å². The number of methoxy groups -OCH3 is 2. The summed E-state index contributed by atoms with van der Waals surface area (Å²) in [6, 6.07) is 11.5. The largest absolute Gasteiger partial charge is 0.493 e. The first-order chi connectivity index (χ1) is 10.6. The molecule has 2 aromatic carbocycles. The lowest BCUT2D eigenvalue weighted by Crippen LogP contribution is -2.15. The van der Waals surface area contributed by atoms with Crippen molar-refractivity contribution in [3.8, 4) is 11.5 Å². The van der Waals surface area contributed by atoms with Gasteiger partial charge in [-0.25, -0.2) is 0 Å². The number of hydrogen-bond acceptors (Lipinski definition) is 3. The van der Waals surface area contributed by atoms with E-state index in [4.69, 9.17) is 38.4 Å². The molecule has 0 saturated heterocycles. The minimum atomic E-state index is 0.0873. The molecule has 0 bridgehead atoms. The summed E-state index contributed by atoms with van der Waals surface area (Å²) in [6.07, 6.45) is 0.747. The molecule has 0 aliphatic rings. The van der Waals surface area contributed by atoms with Crippen molar-refractivity contribution in [3.63, 3.8) is 0 Å². The van der Waals surface area contributed by atoms with Crippen LogP contribution in [0.5, 0.6) is 11.5 Å². The molecule has 22 heavy (non-hydrogen) atoms. The van der Waals surface area contributed by atoms with Crippen LogP contribution in [0.4, 0.5) is 0 Å². The first kappa shape index (κ1) is 16.9. The summed E-state index contributed by atoms with van der Waals surface area (Å²) in [6.45, 7) is 0.481. The summed E-state index contributed by atoms with van der Waals surface area (Å²) in [5, 5.41) is 1.12. The molecule has 1 atom stereocenters. The van der Waals surface area contributed by atoms with E-state index < -0.39 is 0 Å². The van der Waals surface area contributed by atoms with Gasteiger partial charge in [-0.3, -0.25) is 0 Å². The average molecular weight is 340 g/mol. The van der Waals surface area contributed by atoms with Gasteiger partial charge in [-0.2, -0.15) is 0 Å². The van der Waals surface area contributed by atoms with Crippen LogP contribution >= 0.6 is 23.2 Å². The second-order valence-electron chi connectivity index (χ2n) is 4.97. The Hall–Kier alpha value is -1.42. The van der Waals surface area contributed by atoms with Crippen molar-refractivity contribution in [1.82, 2.24) is 0 Å². The lowest BCUT2D eigenvalue weighted by Gasteiger charge is -2.18. The van der Waals surface area contributed by atoms with Gasteiger partial charge in [0.25, 0.3) is 0 Å². The maximum atomic E-state index is 6.31. The van der Waals surface area contributed by atoms with E-state index in [9.17, 15) is 0 Å². The van der Waals surface area contributed by atoms with Gasteiger partial charge in [0.15, 0.2) is 11.5 Å². The number of halogens is 2. The lowest BCUT2D eigenvalue weighted by atomic mass is 9.92. The molecule has 0 saturated carbocycles. The second-order valence-corrected chi connectivity index (χ2v) is 5.75. The van der Waals surface area contributed by atoms with Gasteiger partial charge in [0.05, 0.1) is 24.3 Å². The van der Waals surface area contributed by atoms with Gasteiger partial charge in [0.1, 0.15) is 0 Å². The highest BCUT2D eigenvalue weighted by Crippen LogP contribution is 2.34. The number of ether oxygens (including phenoxy) is 2. The van der Waals surface area contributed by atoms with E-state index in [-0.39, 0.29) is 5.92 Å². The van der Waals surface area contributed by atoms with Crippen LogP contribution in [0.2, 0.25) is 10.0 Å². The Bertz CT molecular complexity index is 647. The van der Waals surface area contributed by atoms with E-state index in [0.29, 0.717) is 28.1 Å². The minimum absolute atomic E-state index is 0.0873. The fraction of sp³-hybridized carbons (Fsp3) is 0.294. The number of benzene rings is 2. The average Bonchev–Trinajstić information content (AvgIpc) is 2.55. The van der Waals surface area contributed by atoms with Gasteiger partial charge in [0.2, 0.25) is 0 Å². The Balaban J connectivity index is 2.29. The smallest absolute Gasteiger partial charge is 0.160 e. The van der Waals surface area contributed by atoms with Crippen molar-refractivity contribution < 1.29 is 9.47 Å². The Labute approximate surface area is 140 Å². The minimum Gasteiger partial charge on any atom is -0.493 e. The van der Waals surface area contributed by atoms with Crippen LogP contribution in [-0.4, -0.2) is 20.8 Å². The van der Waals surface area contributed by atoms with Crippen LogP contribution in [-0.2, 0) is 6.42 Å². The molecule has 0 aliphatic carbocycles. The third kappa shape index (κ3) is 3.67. The van der Waals surface area contributed by atoms with Crippen molar-refractivity contribution >= 4 is 23.2 Å². The first-order valence-electron chi connectivity index (χ1n) is 6.95. The van der Waals surface area contributed by atoms with Crippen LogP contribution in [0.25, 0.3) is 0 Å². The van der Waals surface area contributed by atoms with Gasteiger partial charge in [-0.15, -0.1) is 0 Å². The number of rotatable bonds is 6. The Kier molecular flexibility index (Phi) is 5.95. The van der Waals surface area contributed by atoms with Crippen molar-refractivity contribution in [2.24, 2.45) is 5.73 Å². The fourth-order valence-electron chi connectivity index (χ4n) is 2.45. The molecule has 3 nitrogen and oxygen atoms in total. The lowest BCUT2D eigenvalue weighted by molar-refractivity contribution is 0.354. The molecule has 0 aliphatic heterocycles.